The molecule has 1 aromatic rings. The van der Waals surface area contributed by atoms with Crippen molar-refractivity contribution in [2.75, 3.05) is 6.54 Å². The van der Waals surface area contributed by atoms with Crippen LogP contribution in [0.15, 0.2) is 10.9 Å². The second-order valence-electron chi connectivity index (χ2n) is 3.31. The Kier molecular flexibility index (Phi) is 2.59. The lowest BCUT2D eigenvalue weighted by Gasteiger charge is -2.28. The Balaban J connectivity index is 1.97. The van der Waals surface area contributed by atoms with Crippen LogP contribution in [0.2, 0.25) is 0 Å². The third-order valence-corrected chi connectivity index (χ3v) is 2.94. The Hall–Kier alpha value is -0.900. The summed E-state index contributed by atoms with van der Waals surface area (Å²) in [6.45, 7) is 1.85. The summed E-state index contributed by atoms with van der Waals surface area (Å²) in [5.74, 6) is 0.777. The van der Waals surface area contributed by atoms with E-state index in [1.807, 2.05) is 5.51 Å². The molecule has 1 N–H and O–H groups in total. The van der Waals surface area contributed by atoms with Crippen molar-refractivity contribution in [3.05, 3.63) is 16.6 Å². The molecule has 0 aromatic carbocycles. The van der Waals surface area contributed by atoms with Crippen LogP contribution < -0.4 is 0 Å². The summed E-state index contributed by atoms with van der Waals surface area (Å²) in [4.78, 5) is 6.35. The average Bonchev–Trinajstić information content (AvgIpc) is 2.61. The molecule has 0 bridgehead atoms. The van der Waals surface area contributed by atoms with E-state index in [0.717, 1.165) is 31.0 Å². The van der Waals surface area contributed by atoms with E-state index in [2.05, 4.69) is 15.3 Å². The highest BCUT2D eigenvalue weighted by atomic mass is 32.1. The summed E-state index contributed by atoms with van der Waals surface area (Å²) in [5, 5.41) is 9.81. The van der Waals surface area contributed by atoms with Crippen LogP contribution in [0.25, 0.3) is 0 Å². The van der Waals surface area contributed by atoms with Crippen molar-refractivity contribution in [2.24, 2.45) is 0 Å². The fourth-order valence-electron chi connectivity index (χ4n) is 1.57. The van der Waals surface area contributed by atoms with Crippen LogP contribution >= 0.6 is 11.3 Å². The topological polar surface area (TPSA) is 40.0 Å². The third-order valence-electron chi connectivity index (χ3n) is 2.31. The lowest BCUT2D eigenvalue weighted by Crippen LogP contribution is -2.34. The molecular weight excluding hydrogens is 182 g/mol. The van der Waals surface area contributed by atoms with E-state index in [1.165, 1.54) is 12.8 Å². The van der Waals surface area contributed by atoms with Gasteiger partial charge in [-0.1, -0.05) is 0 Å². The summed E-state index contributed by atoms with van der Waals surface area (Å²) in [7, 11) is 0. The molecule has 4 heteroatoms. The van der Waals surface area contributed by atoms with Gasteiger partial charge in [0, 0.05) is 18.3 Å². The lowest BCUT2D eigenvalue weighted by molar-refractivity contribution is 0.358. The first-order valence-corrected chi connectivity index (χ1v) is 5.50. The first-order chi connectivity index (χ1) is 6.36. The van der Waals surface area contributed by atoms with Crippen LogP contribution in [0.3, 0.4) is 0 Å². The van der Waals surface area contributed by atoms with Crippen LogP contribution in [-0.4, -0.2) is 22.3 Å². The SMILES string of the molecule is N=C1CCCCN1Cc1cscn1. The maximum atomic E-state index is 7.75. The molecular formula is C9H13N3S. The molecule has 2 heterocycles. The lowest BCUT2D eigenvalue weighted by atomic mass is 10.1. The maximum absolute atomic E-state index is 7.75. The zero-order valence-electron chi connectivity index (χ0n) is 7.49. The molecule has 0 amide bonds. The summed E-state index contributed by atoms with van der Waals surface area (Å²) < 4.78 is 0. The summed E-state index contributed by atoms with van der Waals surface area (Å²) in [6, 6.07) is 0. The number of hydrogen-bond acceptors (Lipinski definition) is 3. The fraction of sp³-hybridized carbons (Fsp3) is 0.556. The van der Waals surface area contributed by atoms with E-state index in [4.69, 9.17) is 5.41 Å². The van der Waals surface area contributed by atoms with Crippen LogP contribution in [0.4, 0.5) is 0 Å². The molecule has 1 fully saturated rings. The highest BCUT2D eigenvalue weighted by molar-refractivity contribution is 7.07. The normalized spacial score (nSPS) is 17.8. The van der Waals surface area contributed by atoms with Gasteiger partial charge in [0.25, 0.3) is 0 Å². The number of hydrogen-bond donors (Lipinski definition) is 1. The minimum absolute atomic E-state index is 0.777. The Bertz CT molecular complexity index is 281. The summed E-state index contributed by atoms with van der Waals surface area (Å²) >= 11 is 1.62. The quantitative estimate of drug-likeness (QED) is 0.785. The molecule has 0 unspecified atom stereocenters. The number of nitrogens with one attached hydrogen (secondary N) is 1. The van der Waals surface area contributed by atoms with Crippen molar-refractivity contribution in [3.8, 4) is 0 Å². The number of aromatic nitrogens is 1. The predicted octanol–water partition coefficient (Wildman–Crippen LogP) is 2.11. The molecule has 70 valence electrons. The van der Waals surface area contributed by atoms with E-state index in [9.17, 15) is 0 Å². The average molecular weight is 195 g/mol. The van der Waals surface area contributed by atoms with E-state index >= 15 is 0 Å². The van der Waals surface area contributed by atoms with Crippen molar-refractivity contribution in [2.45, 2.75) is 25.8 Å². The molecule has 1 aliphatic rings. The summed E-state index contributed by atoms with van der Waals surface area (Å²) in [5.41, 5.74) is 2.94. The van der Waals surface area contributed by atoms with Gasteiger partial charge in [0.05, 0.1) is 23.6 Å². The van der Waals surface area contributed by atoms with Gasteiger partial charge in [-0.15, -0.1) is 11.3 Å². The molecule has 2 rings (SSSR count). The van der Waals surface area contributed by atoms with Gasteiger partial charge in [-0.2, -0.15) is 0 Å². The van der Waals surface area contributed by atoms with Gasteiger partial charge in [-0.05, 0) is 12.8 Å². The number of thiazole rings is 1. The van der Waals surface area contributed by atoms with Crippen LogP contribution in [0.1, 0.15) is 25.0 Å². The Labute approximate surface area is 81.9 Å². The molecule has 0 spiro atoms. The van der Waals surface area contributed by atoms with Gasteiger partial charge < -0.3 is 4.90 Å². The van der Waals surface area contributed by atoms with Crippen LogP contribution in [-0.2, 0) is 6.54 Å². The minimum atomic E-state index is 0.777. The Morgan fingerprint density at radius 2 is 2.46 bits per heavy atom. The molecule has 1 aromatic heterocycles. The largest absolute Gasteiger partial charge is 0.355 e. The van der Waals surface area contributed by atoms with Crippen molar-refractivity contribution < 1.29 is 0 Å². The number of amidine groups is 1. The highest BCUT2D eigenvalue weighted by Gasteiger charge is 2.15. The zero-order valence-corrected chi connectivity index (χ0v) is 8.31. The second-order valence-corrected chi connectivity index (χ2v) is 4.02. The maximum Gasteiger partial charge on any atom is 0.0961 e. The van der Waals surface area contributed by atoms with Crippen molar-refractivity contribution in [1.29, 1.82) is 5.41 Å². The predicted molar refractivity (Wildman–Crippen MR) is 54.1 cm³/mol. The third kappa shape index (κ3) is 2.06. The first-order valence-electron chi connectivity index (χ1n) is 4.56. The molecule has 0 aliphatic carbocycles. The van der Waals surface area contributed by atoms with Crippen molar-refractivity contribution in [1.82, 2.24) is 9.88 Å². The molecule has 1 saturated heterocycles. The van der Waals surface area contributed by atoms with Crippen LogP contribution in [0.5, 0.6) is 0 Å². The van der Waals surface area contributed by atoms with E-state index in [1.54, 1.807) is 11.3 Å². The Morgan fingerprint density at radius 3 is 3.15 bits per heavy atom. The van der Waals surface area contributed by atoms with Crippen molar-refractivity contribution in [3.63, 3.8) is 0 Å². The number of piperidine rings is 1. The standard InChI is InChI=1S/C9H13N3S/c10-9-3-1-2-4-12(9)5-8-6-13-7-11-8/h6-7,10H,1-5H2. The van der Waals surface area contributed by atoms with Gasteiger partial charge in [0.15, 0.2) is 0 Å². The Morgan fingerprint density at radius 1 is 1.54 bits per heavy atom. The molecule has 3 nitrogen and oxygen atoms in total. The zero-order chi connectivity index (χ0) is 9.10. The van der Waals surface area contributed by atoms with E-state index in [0.29, 0.717) is 0 Å². The van der Waals surface area contributed by atoms with Crippen LogP contribution in [0, 0.1) is 5.41 Å². The van der Waals surface area contributed by atoms with E-state index in [-0.39, 0.29) is 0 Å². The minimum Gasteiger partial charge on any atom is -0.355 e. The second kappa shape index (κ2) is 3.87. The monoisotopic (exact) mass is 195 g/mol. The van der Waals surface area contributed by atoms with Gasteiger partial charge >= 0.3 is 0 Å². The fourth-order valence-corrected chi connectivity index (χ4v) is 2.12. The molecule has 13 heavy (non-hydrogen) atoms. The molecule has 0 saturated carbocycles. The van der Waals surface area contributed by atoms with Gasteiger partial charge in [-0.3, -0.25) is 5.41 Å². The first kappa shape index (κ1) is 8.69. The number of nitrogens with zero attached hydrogens (tertiary/aromatic N) is 2. The summed E-state index contributed by atoms with van der Waals surface area (Å²) in [6.07, 6.45) is 3.32. The van der Waals surface area contributed by atoms with Crippen molar-refractivity contribution >= 4 is 17.2 Å². The van der Waals surface area contributed by atoms with Gasteiger partial charge in [-0.25, -0.2) is 4.98 Å². The molecule has 0 atom stereocenters. The number of rotatable bonds is 2. The molecule has 1 aliphatic heterocycles. The van der Waals surface area contributed by atoms with Gasteiger partial charge in [0.2, 0.25) is 0 Å². The van der Waals surface area contributed by atoms with Gasteiger partial charge in [0.1, 0.15) is 0 Å². The highest BCUT2D eigenvalue weighted by Crippen LogP contribution is 2.14. The molecule has 0 radical (unpaired) electrons. The number of likely N-dealkylation sites (tertiary alicyclic amines) is 1. The smallest absolute Gasteiger partial charge is 0.0961 e. The van der Waals surface area contributed by atoms with E-state index < -0.39 is 0 Å².